The van der Waals surface area contributed by atoms with Crippen LogP contribution in [-0.4, -0.2) is 17.0 Å². The van der Waals surface area contributed by atoms with Crippen LogP contribution >= 0.6 is 0 Å². The molecule has 0 saturated carbocycles. The van der Waals surface area contributed by atoms with E-state index in [1.165, 1.54) is 12.1 Å². The number of nitriles is 1. The molecular formula is C22H16N2O4. The molecule has 3 aromatic rings. The SMILES string of the molecule is Cc1ccccc1NC(=O)/C(C#N)=C/c1ccc(-c2ccccc2C(=O)O)o1. The number of carboxylic acids is 1. The summed E-state index contributed by atoms with van der Waals surface area (Å²) in [6, 6.07) is 18.7. The van der Waals surface area contributed by atoms with Gasteiger partial charge in [-0.1, -0.05) is 36.4 Å². The van der Waals surface area contributed by atoms with E-state index in [9.17, 15) is 20.0 Å². The second kappa shape index (κ2) is 8.06. The van der Waals surface area contributed by atoms with Crippen molar-refractivity contribution in [2.45, 2.75) is 6.92 Å². The number of benzene rings is 2. The summed E-state index contributed by atoms with van der Waals surface area (Å²) in [5.74, 6) is -1.02. The average Bonchev–Trinajstić information content (AvgIpc) is 3.16. The fourth-order valence-corrected chi connectivity index (χ4v) is 2.65. The molecule has 0 fully saturated rings. The van der Waals surface area contributed by atoms with E-state index in [0.29, 0.717) is 17.0 Å². The number of aromatic carboxylic acids is 1. The number of carbonyl (C=O) groups is 2. The van der Waals surface area contributed by atoms with Crippen molar-refractivity contribution in [1.82, 2.24) is 0 Å². The highest BCUT2D eigenvalue weighted by atomic mass is 16.4. The second-order valence-electron chi connectivity index (χ2n) is 5.99. The number of carboxylic acid groups (broad SMARTS) is 1. The molecule has 2 aromatic carbocycles. The number of nitrogens with zero attached hydrogens (tertiary/aromatic N) is 1. The quantitative estimate of drug-likeness (QED) is 0.507. The Bertz CT molecular complexity index is 1120. The lowest BCUT2D eigenvalue weighted by atomic mass is 10.1. The predicted molar refractivity (Wildman–Crippen MR) is 105 cm³/mol. The number of furan rings is 1. The zero-order valence-electron chi connectivity index (χ0n) is 15.0. The topological polar surface area (TPSA) is 103 Å². The van der Waals surface area contributed by atoms with E-state index in [-0.39, 0.29) is 16.9 Å². The van der Waals surface area contributed by atoms with E-state index in [1.54, 1.807) is 42.5 Å². The van der Waals surface area contributed by atoms with Crippen LogP contribution in [0, 0.1) is 18.3 Å². The van der Waals surface area contributed by atoms with Gasteiger partial charge in [0.2, 0.25) is 0 Å². The van der Waals surface area contributed by atoms with Gasteiger partial charge >= 0.3 is 5.97 Å². The molecule has 6 nitrogen and oxygen atoms in total. The Morgan fingerprint density at radius 1 is 1.07 bits per heavy atom. The summed E-state index contributed by atoms with van der Waals surface area (Å²) in [5, 5.41) is 21.3. The van der Waals surface area contributed by atoms with Gasteiger partial charge in [0.1, 0.15) is 23.2 Å². The largest absolute Gasteiger partial charge is 0.478 e. The lowest BCUT2D eigenvalue weighted by Gasteiger charge is -2.06. The molecule has 2 N–H and O–H groups in total. The first-order valence-corrected chi connectivity index (χ1v) is 8.41. The van der Waals surface area contributed by atoms with Gasteiger partial charge in [0.15, 0.2) is 0 Å². The summed E-state index contributed by atoms with van der Waals surface area (Å²) in [4.78, 5) is 23.8. The van der Waals surface area contributed by atoms with E-state index < -0.39 is 11.9 Å². The van der Waals surface area contributed by atoms with Crippen LogP contribution in [0.2, 0.25) is 0 Å². The molecule has 0 aliphatic heterocycles. The molecule has 0 saturated heterocycles. The van der Waals surface area contributed by atoms with Gasteiger partial charge in [0, 0.05) is 17.3 Å². The highest BCUT2D eigenvalue weighted by molar-refractivity contribution is 6.09. The second-order valence-corrected chi connectivity index (χ2v) is 5.99. The first-order valence-electron chi connectivity index (χ1n) is 8.41. The average molecular weight is 372 g/mol. The van der Waals surface area contributed by atoms with Gasteiger partial charge in [-0.3, -0.25) is 4.79 Å². The maximum absolute atomic E-state index is 12.4. The molecule has 0 spiro atoms. The number of nitrogens with one attached hydrogen (secondary N) is 1. The molecule has 28 heavy (non-hydrogen) atoms. The molecule has 0 aliphatic carbocycles. The van der Waals surface area contributed by atoms with Crippen LogP contribution < -0.4 is 5.32 Å². The van der Waals surface area contributed by atoms with Crippen LogP contribution in [0.4, 0.5) is 5.69 Å². The van der Waals surface area contributed by atoms with E-state index in [2.05, 4.69) is 5.32 Å². The molecule has 1 amide bonds. The van der Waals surface area contributed by atoms with Crippen LogP contribution in [-0.2, 0) is 4.79 Å². The minimum Gasteiger partial charge on any atom is -0.478 e. The van der Waals surface area contributed by atoms with E-state index in [0.717, 1.165) is 5.56 Å². The van der Waals surface area contributed by atoms with Gasteiger partial charge in [-0.25, -0.2) is 4.79 Å². The number of para-hydroxylation sites is 1. The summed E-state index contributed by atoms with van der Waals surface area (Å²) >= 11 is 0. The summed E-state index contributed by atoms with van der Waals surface area (Å²) in [6.45, 7) is 1.85. The van der Waals surface area contributed by atoms with Gasteiger partial charge < -0.3 is 14.8 Å². The molecule has 1 heterocycles. The smallest absolute Gasteiger partial charge is 0.336 e. The monoisotopic (exact) mass is 372 g/mol. The number of anilines is 1. The van der Waals surface area contributed by atoms with Crippen molar-refractivity contribution in [2.75, 3.05) is 5.32 Å². The van der Waals surface area contributed by atoms with Gasteiger partial charge in [-0.2, -0.15) is 5.26 Å². The number of amides is 1. The third-order valence-electron chi connectivity index (χ3n) is 4.09. The lowest BCUT2D eigenvalue weighted by molar-refractivity contribution is -0.112. The van der Waals surface area contributed by atoms with Crippen LogP contribution in [0.1, 0.15) is 21.7 Å². The fraction of sp³-hybridized carbons (Fsp3) is 0.0455. The summed E-state index contributed by atoms with van der Waals surface area (Å²) in [7, 11) is 0. The standard InChI is InChI=1S/C22H16N2O4/c1-14-6-2-5-9-19(14)24-21(25)15(13-23)12-16-10-11-20(28-16)17-7-3-4-8-18(17)22(26)27/h2-12H,1H3,(H,24,25)(H,26,27)/b15-12+. The molecule has 0 atom stereocenters. The summed E-state index contributed by atoms with van der Waals surface area (Å²) in [6.07, 6.45) is 1.32. The number of hydrogen-bond donors (Lipinski definition) is 2. The van der Waals surface area contributed by atoms with Crippen molar-refractivity contribution in [3.05, 3.63) is 83.1 Å². The van der Waals surface area contributed by atoms with Crippen LogP contribution in [0.15, 0.2) is 70.7 Å². The Labute approximate surface area is 161 Å². The van der Waals surface area contributed by atoms with Gasteiger partial charge in [0.25, 0.3) is 5.91 Å². The maximum atomic E-state index is 12.4. The van der Waals surface area contributed by atoms with Gasteiger partial charge in [-0.05, 0) is 36.8 Å². The van der Waals surface area contributed by atoms with Crippen LogP contribution in [0.3, 0.4) is 0 Å². The van der Waals surface area contributed by atoms with Crippen molar-refractivity contribution < 1.29 is 19.1 Å². The number of hydrogen-bond acceptors (Lipinski definition) is 4. The van der Waals surface area contributed by atoms with E-state index >= 15 is 0 Å². The Morgan fingerprint density at radius 2 is 1.79 bits per heavy atom. The zero-order valence-corrected chi connectivity index (χ0v) is 15.0. The van der Waals surface area contributed by atoms with Crippen LogP contribution in [0.5, 0.6) is 0 Å². The summed E-state index contributed by atoms with van der Waals surface area (Å²) < 4.78 is 5.65. The minimum atomic E-state index is -1.07. The lowest BCUT2D eigenvalue weighted by Crippen LogP contribution is -2.14. The van der Waals surface area contributed by atoms with Crippen molar-refractivity contribution in [1.29, 1.82) is 5.26 Å². The predicted octanol–water partition coefficient (Wildman–Crippen LogP) is 4.50. The van der Waals surface area contributed by atoms with E-state index in [4.69, 9.17) is 4.42 Å². The Balaban J connectivity index is 1.87. The van der Waals surface area contributed by atoms with Crippen molar-refractivity contribution in [2.24, 2.45) is 0 Å². The third-order valence-corrected chi connectivity index (χ3v) is 4.09. The fourth-order valence-electron chi connectivity index (χ4n) is 2.65. The maximum Gasteiger partial charge on any atom is 0.336 e. The summed E-state index contributed by atoms with van der Waals surface area (Å²) in [5.41, 5.74) is 1.88. The first kappa shape index (κ1) is 18.7. The molecule has 6 heteroatoms. The minimum absolute atomic E-state index is 0.102. The molecule has 138 valence electrons. The van der Waals surface area contributed by atoms with Crippen molar-refractivity contribution in [3.63, 3.8) is 0 Å². The zero-order chi connectivity index (χ0) is 20.1. The Morgan fingerprint density at radius 3 is 2.50 bits per heavy atom. The first-order chi connectivity index (χ1) is 13.5. The Hall–Kier alpha value is -4.11. The Kier molecular flexibility index (Phi) is 5.38. The molecule has 0 radical (unpaired) electrons. The number of aryl methyl sites for hydroxylation is 1. The highest BCUT2D eigenvalue weighted by Gasteiger charge is 2.15. The van der Waals surface area contributed by atoms with Crippen LogP contribution in [0.25, 0.3) is 17.4 Å². The molecule has 0 bridgehead atoms. The third kappa shape index (κ3) is 4.00. The number of rotatable bonds is 5. The molecule has 0 aliphatic rings. The van der Waals surface area contributed by atoms with Gasteiger partial charge in [-0.15, -0.1) is 0 Å². The molecule has 1 aromatic heterocycles. The van der Waals surface area contributed by atoms with Crippen molar-refractivity contribution in [3.8, 4) is 17.4 Å². The van der Waals surface area contributed by atoms with Crippen molar-refractivity contribution >= 4 is 23.6 Å². The molecule has 3 rings (SSSR count). The van der Waals surface area contributed by atoms with Gasteiger partial charge in [0.05, 0.1) is 5.56 Å². The number of carbonyl (C=O) groups excluding carboxylic acids is 1. The highest BCUT2D eigenvalue weighted by Crippen LogP contribution is 2.27. The molecular weight excluding hydrogens is 356 g/mol. The molecule has 0 unspecified atom stereocenters. The van der Waals surface area contributed by atoms with E-state index in [1.807, 2.05) is 25.1 Å². The normalized spacial score (nSPS) is 10.9.